The summed E-state index contributed by atoms with van der Waals surface area (Å²) in [6.45, 7) is 3.79. The Morgan fingerprint density at radius 2 is 1.77 bits per heavy atom. The second-order valence-corrected chi connectivity index (χ2v) is 7.44. The molecule has 0 spiro atoms. The molecule has 0 aliphatic rings. The molecule has 0 saturated heterocycles. The van der Waals surface area contributed by atoms with Crippen LogP contribution in [0.25, 0.3) is 0 Å². The number of rotatable bonds is 7. The zero-order valence-electron chi connectivity index (χ0n) is 14.7. The van der Waals surface area contributed by atoms with Gasteiger partial charge in [-0.25, -0.2) is 22.3 Å². The fraction of sp³-hybridized carbons (Fsp3) is 0.278. The van der Waals surface area contributed by atoms with Gasteiger partial charge in [0.15, 0.2) is 0 Å². The Hall–Kier alpha value is -2.45. The van der Waals surface area contributed by atoms with Crippen LogP contribution in [0.1, 0.15) is 21.5 Å². The number of carbonyl (C=O) groups is 1. The van der Waals surface area contributed by atoms with E-state index < -0.39 is 27.4 Å². The smallest absolute Gasteiger partial charge is 0.341 e. The molecule has 6 nitrogen and oxygen atoms in total. The molecule has 0 aromatic heterocycles. The summed E-state index contributed by atoms with van der Waals surface area (Å²) < 4.78 is 50.1. The van der Waals surface area contributed by atoms with E-state index in [-0.39, 0.29) is 18.1 Å². The quantitative estimate of drug-likeness (QED) is 0.589. The van der Waals surface area contributed by atoms with Crippen LogP contribution in [0.5, 0.6) is 5.75 Å². The van der Waals surface area contributed by atoms with Crippen molar-refractivity contribution in [2.75, 3.05) is 20.3 Å². The van der Waals surface area contributed by atoms with Gasteiger partial charge in [-0.15, -0.1) is 0 Å². The van der Waals surface area contributed by atoms with Crippen molar-refractivity contribution in [1.82, 2.24) is 4.72 Å². The number of para-hydroxylation sites is 1. The number of hydrogen-bond acceptors (Lipinski definition) is 5. The molecular weight excluding hydrogens is 361 g/mol. The Morgan fingerprint density at radius 3 is 2.38 bits per heavy atom. The number of esters is 1. The predicted molar refractivity (Wildman–Crippen MR) is 94.3 cm³/mol. The third kappa shape index (κ3) is 4.59. The first kappa shape index (κ1) is 19.9. The maximum Gasteiger partial charge on any atom is 0.341 e. The van der Waals surface area contributed by atoms with Gasteiger partial charge in [-0.3, -0.25) is 0 Å². The number of benzene rings is 2. The lowest BCUT2D eigenvalue weighted by Gasteiger charge is -2.12. The van der Waals surface area contributed by atoms with Crippen LogP contribution >= 0.6 is 0 Å². The summed E-state index contributed by atoms with van der Waals surface area (Å²) in [6, 6.07) is 8.63. The number of aryl methyl sites for hydroxylation is 2. The van der Waals surface area contributed by atoms with Crippen molar-refractivity contribution in [3.05, 3.63) is 58.9 Å². The minimum absolute atomic E-state index is 0.0908. The fourth-order valence-electron chi connectivity index (χ4n) is 2.33. The summed E-state index contributed by atoms with van der Waals surface area (Å²) in [5.74, 6) is -1.11. The van der Waals surface area contributed by atoms with E-state index in [4.69, 9.17) is 9.47 Å². The number of nitrogens with one attached hydrogen (secondary N) is 1. The molecule has 2 rings (SSSR count). The molecule has 0 heterocycles. The van der Waals surface area contributed by atoms with Gasteiger partial charge >= 0.3 is 5.97 Å². The Labute approximate surface area is 152 Å². The van der Waals surface area contributed by atoms with Gasteiger partial charge in [-0.2, -0.15) is 0 Å². The van der Waals surface area contributed by atoms with Crippen LogP contribution in [-0.4, -0.2) is 34.6 Å². The zero-order valence-corrected chi connectivity index (χ0v) is 15.5. The fourth-order valence-corrected chi connectivity index (χ4v) is 3.08. The molecule has 0 fully saturated rings. The summed E-state index contributed by atoms with van der Waals surface area (Å²) in [7, 11) is -2.57. The van der Waals surface area contributed by atoms with Gasteiger partial charge in [0, 0.05) is 0 Å². The third-order valence-electron chi connectivity index (χ3n) is 3.71. The average molecular weight is 381 g/mol. The van der Waals surface area contributed by atoms with Gasteiger partial charge in [0.1, 0.15) is 24.8 Å². The van der Waals surface area contributed by atoms with Crippen molar-refractivity contribution in [2.45, 2.75) is 18.7 Å². The number of halogens is 1. The Kier molecular flexibility index (Phi) is 6.33. The molecule has 26 heavy (non-hydrogen) atoms. The summed E-state index contributed by atoms with van der Waals surface area (Å²) in [6.07, 6.45) is 0. The molecular formula is C18H20FNO5S. The van der Waals surface area contributed by atoms with Crippen molar-refractivity contribution in [3.63, 3.8) is 0 Å². The zero-order chi connectivity index (χ0) is 19.3. The minimum atomic E-state index is -3.79. The first-order chi connectivity index (χ1) is 12.3. The second kappa shape index (κ2) is 8.29. The highest BCUT2D eigenvalue weighted by Crippen LogP contribution is 2.22. The Balaban J connectivity index is 2.01. The molecule has 140 valence electrons. The molecule has 0 radical (unpaired) electrons. The van der Waals surface area contributed by atoms with E-state index in [2.05, 4.69) is 4.72 Å². The van der Waals surface area contributed by atoms with Crippen molar-refractivity contribution < 1.29 is 27.1 Å². The molecule has 0 aliphatic carbocycles. The average Bonchev–Trinajstić information content (AvgIpc) is 2.60. The third-order valence-corrected chi connectivity index (χ3v) is 5.12. The Bertz CT molecular complexity index is 892. The highest BCUT2D eigenvalue weighted by Gasteiger charge is 2.19. The van der Waals surface area contributed by atoms with E-state index in [0.29, 0.717) is 5.75 Å². The van der Waals surface area contributed by atoms with E-state index in [1.807, 2.05) is 32.0 Å². The first-order valence-corrected chi connectivity index (χ1v) is 9.34. The van der Waals surface area contributed by atoms with E-state index in [1.54, 1.807) is 0 Å². The number of ether oxygens (including phenoxy) is 2. The molecule has 8 heteroatoms. The monoisotopic (exact) mass is 381 g/mol. The van der Waals surface area contributed by atoms with Crippen molar-refractivity contribution >= 4 is 16.0 Å². The summed E-state index contributed by atoms with van der Waals surface area (Å²) in [5, 5.41) is 0. The van der Waals surface area contributed by atoms with Crippen molar-refractivity contribution in [3.8, 4) is 5.75 Å². The lowest BCUT2D eigenvalue weighted by atomic mass is 10.1. The summed E-state index contributed by atoms with van der Waals surface area (Å²) in [5.41, 5.74) is 1.45. The molecule has 0 saturated carbocycles. The van der Waals surface area contributed by atoms with E-state index in [9.17, 15) is 17.6 Å². The van der Waals surface area contributed by atoms with Gasteiger partial charge < -0.3 is 9.47 Å². The van der Waals surface area contributed by atoms with Crippen LogP contribution in [0.2, 0.25) is 0 Å². The van der Waals surface area contributed by atoms with Crippen molar-refractivity contribution in [2.24, 2.45) is 0 Å². The highest BCUT2D eigenvalue weighted by atomic mass is 32.2. The SMILES string of the molecule is CNS(=O)(=O)c1ccc(F)c(C(=O)OCCOc2c(C)cccc2C)c1. The predicted octanol–water partition coefficient (Wildman–Crippen LogP) is 2.59. The Morgan fingerprint density at radius 1 is 1.12 bits per heavy atom. The van der Waals surface area contributed by atoms with Crippen LogP contribution < -0.4 is 9.46 Å². The molecule has 0 bridgehead atoms. The summed E-state index contributed by atoms with van der Waals surface area (Å²) >= 11 is 0. The molecule has 2 aromatic carbocycles. The van der Waals surface area contributed by atoms with E-state index in [0.717, 1.165) is 29.3 Å². The lowest BCUT2D eigenvalue weighted by Crippen LogP contribution is -2.20. The second-order valence-electron chi connectivity index (χ2n) is 5.55. The molecule has 2 aromatic rings. The van der Waals surface area contributed by atoms with Crippen LogP contribution in [0.15, 0.2) is 41.3 Å². The van der Waals surface area contributed by atoms with Gasteiger partial charge in [-0.05, 0) is 50.2 Å². The van der Waals surface area contributed by atoms with E-state index in [1.165, 1.54) is 7.05 Å². The van der Waals surface area contributed by atoms with Gasteiger partial charge in [0.2, 0.25) is 10.0 Å². The lowest BCUT2D eigenvalue weighted by molar-refractivity contribution is 0.0444. The van der Waals surface area contributed by atoms with Gasteiger partial charge in [-0.1, -0.05) is 18.2 Å². The van der Waals surface area contributed by atoms with Crippen LogP contribution in [0.4, 0.5) is 4.39 Å². The number of hydrogen-bond donors (Lipinski definition) is 1. The van der Waals surface area contributed by atoms with E-state index >= 15 is 0 Å². The molecule has 1 N–H and O–H groups in total. The maximum absolute atomic E-state index is 13.8. The largest absolute Gasteiger partial charge is 0.489 e. The molecule has 0 amide bonds. The normalized spacial score (nSPS) is 11.2. The standard InChI is InChI=1S/C18H20FNO5S/c1-12-5-4-6-13(2)17(12)24-9-10-25-18(21)15-11-14(7-8-16(15)19)26(22,23)20-3/h4-8,11,20H,9-10H2,1-3H3. The van der Waals surface area contributed by atoms with Gasteiger partial charge in [0.25, 0.3) is 0 Å². The topological polar surface area (TPSA) is 81.7 Å². The van der Waals surface area contributed by atoms with Crippen LogP contribution in [0.3, 0.4) is 0 Å². The molecule has 0 atom stereocenters. The molecule has 0 unspecified atom stereocenters. The van der Waals surface area contributed by atoms with Gasteiger partial charge in [0.05, 0.1) is 10.5 Å². The maximum atomic E-state index is 13.8. The number of sulfonamides is 1. The number of carbonyl (C=O) groups excluding carboxylic acids is 1. The first-order valence-electron chi connectivity index (χ1n) is 7.85. The summed E-state index contributed by atoms with van der Waals surface area (Å²) in [4.78, 5) is 11.8. The van der Waals surface area contributed by atoms with Crippen LogP contribution in [0, 0.1) is 19.7 Å². The van der Waals surface area contributed by atoms with Crippen LogP contribution in [-0.2, 0) is 14.8 Å². The van der Waals surface area contributed by atoms with Crippen molar-refractivity contribution in [1.29, 1.82) is 0 Å². The molecule has 0 aliphatic heterocycles. The minimum Gasteiger partial charge on any atom is -0.489 e. The highest BCUT2D eigenvalue weighted by molar-refractivity contribution is 7.89.